The first-order valence-electron chi connectivity index (χ1n) is 13.5. The van der Waals surface area contributed by atoms with Crippen LogP contribution in [0.3, 0.4) is 0 Å². The molecule has 1 N–H and O–H groups in total. The van der Waals surface area contributed by atoms with E-state index in [0.29, 0.717) is 23.9 Å². The van der Waals surface area contributed by atoms with Crippen molar-refractivity contribution in [3.05, 3.63) is 83.4 Å². The van der Waals surface area contributed by atoms with Crippen molar-refractivity contribution in [2.45, 2.75) is 43.7 Å². The van der Waals surface area contributed by atoms with Crippen molar-refractivity contribution in [2.24, 2.45) is 0 Å². The molecule has 7 heteroatoms. The molecule has 1 amide bonds. The van der Waals surface area contributed by atoms with Crippen LogP contribution in [0.1, 0.15) is 37.3 Å². The van der Waals surface area contributed by atoms with Gasteiger partial charge in [0.25, 0.3) is 5.91 Å². The number of anilines is 1. The highest BCUT2D eigenvalue weighted by molar-refractivity contribution is 8.13. The molecule has 0 atom stereocenters. The molecule has 5 rings (SSSR count). The first-order valence-corrected chi connectivity index (χ1v) is 14.3. The average molecular weight is 543 g/mol. The van der Waals surface area contributed by atoms with E-state index in [2.05, 4.69) is 17.3 Å². The number of nitrogens with one attached hydrogen (secondary N) is 1. The van der Waals surface area contributed by atoms with Crippen molar-refractivity contribution in [3.63, 3.8) is 0 Å². The first-order chi connectivity index (χ1) is 19.0. The zero-order chi connectivity index (χ0) is 27.2. The molecule has 6 nitrogen and oxygen atoms in total. The molecule has 0 spiro atoms. The molecule has 2 aliphatic heterocycles. The normalized spacial score (nSPS) is 15.9. The second-order valence-corrected chi connectivity index (χ2v) is 11.0. The summed E-state index contributed by atoms with van der Waals surface area (Å²) >= 11 is 1.19. The van der Waals surface area contributed by atoms with E-state index < -0.39 is 0 Å². The third kappa shape index (κ3) is 6.98. The standard InChI is InChI=1S/C32H34N2O4S/c1-3-38-29-11-6-23(7-12-29)24-8-13-30-25(18-24)19-26(20-31(35)39-30)32(36)33-27-9-4-22(5-10-27)21-34(2)28-14-16-37-17-15-28/h4-13,18-19,28H,3,14-17,20-21H2,1-2H3,(H,33,36). The number of benzene rings is 3. The number of carbonyl (C=O) groups excluding carboxylic acids is 2. The van der Waals surface area contributed by atoms with Crippen molar-refractivity contribution in [3.8, 4) is 16.9 Å². The predicted molar refractivity (Wildman–Crippen MR) is 157 cm³/mol. The zero-order valence-electron chi connectivity index (χ0n) is 22.4. The maximum atomic E-state index is 13.2. The van der Waals surface area contributed by atoms with Gasteiger partial charge in [-0.15, -0.1) is 0 Å². The fourth-order valence-electron chi connectivity index (χ4n) is 4.99. The lowest BCUT2D eigenvalue weighted by Crippen LogP contribution is -2.36. The van der Waals surface area contributed by atoms with Crippen molar-refractivity contribution >= 4 is 34.5 Å². The lowest BCUT2D eigenvalue weighted by molar-refractivity contribution is -0.115. The third-order valence-corrected chi connectivity index (χ3v) is 8.11. The molecule has 2 heterocycles. The minimum absolute atomic E-state index is 0.0459. The molecular formula is C32H34N2O4S. The Labute approximate surface area is 234 Å². The first kappa shape index (κ1) is 27.2. The summed E-state index contributed by atoms with van der Waals surface area (Å²) in [5.74, 6) is 0.575. The van der Waals surface area contributed by atoms with Gasteiger partial charge in [-0.25, -0.2) is 0 Å². The van der Waals surface area contributed by atoms with E-state index >= 15 is 0 Å². The predicted octanol–water partition coefficient (Wildman–Crippen LogP) is 6.41. The quantitative estimate of drug-likeness (QED) is 0.355. The van der Waals surface area contributed by atoms with Crippen molar-refractivity contribution in [1.29, 1.82) is 0 Å². The average Bonchev–Trinajstić information content (AvgIpc) is 3.13. The number of hydrogen-bond donors (Lipinski definition) is 1. The molecular weight excluding hydrogens is 508 g/mol. The van der Waals surface area contributed by atoms with Gasteiger partial charge in [-0.3, -0.25) is 14.5 Å². The molecule has 0 bridgehead atoms. The zero-order valence-corrected chi connectivity index (χ0v) is 23.3. The van der Waals surface area contributed by atoms with Crippen molar-refractivity contribution in [1.82, 2.24) is 4.90 Å². The van der Waals surface area contributed by atoms with Gasteiger partial charge in [-0.1, -0.05) is 42.1 Å². The highest BCUT2D eigenvalue weighted by Crippen LogP contribution is 2.35. The van der Waals surface area contributed by atoms with Crippen LogP contribution in [-0.4, -0.2) is 48.8 Å². The van der Waals surface area contributed by atoms with Crippen LogP contribution in [0.2, 0.25) is 0 Å². The Morgan fingerprint density at radius 2 is 1.74 bits per heavy atom. The molecule has 0 radical (unpaired) electrons. The van der Waals surface area contributed by atoms with E-state index in [1.807, 2.05) is 79.7 Å². The highest BCUT2D eigenvalue weighted by atomic mass is 32.2. The molecule has 0 saturated carbocycles. The molecule has 3 aromatic rings. The number of thioether (sulfide) groups is 1. The maximum Gasteiger partial charge on any atom is 0.252 e. The van der Waals surface area contributed by atoms with Gasteiger partial charge in [0.15, 0.2) is 5.12 Å². The van der Waals surface area contributed by atoms with Crippen LogP contribution in [0.25, 0.3) is 17.2 Å². The van der Waals surface area contributed by atoms with Crippen LogP contribution >= 0.6 is 11.8 Å². The van der Waals surface area contributed by atoms with Gasteiger partial charge >= 0.3 is 0 Å². The second-order valence-electron chi connectivity index (χ2n) is 9.94. The van der Waals surface area contributed by atoms with E-state index in [1.54, 1.807) is 0 Å². The monoisotopic (exact) mass is 542 g/mol. The van der Waals surface area contributed by atoms with E-state index in [1.165, 1.54) is 17.3 Å². The van der Waals surface area contributed by atoms with E-state index in [0.717, 1.165) is 59.9 Å². The Morgan fingerprint density at radius 3 is 2.46 bits per heavy atom. The Hall–Kier alpha value is -3.39. The van der Waals surface area contributed by atoms with Crippen LogP contribution in [0.5, 0.6) is 5.75 Å². The topological polar surface area (TPSA) is 67.9 Å². The molecule has 0 aromatic heterocycles. The molecule has 2 aliphatic rings. The highest BCUT2D eigenvalue weighted by Gasteiger charge is 2.22. The van der Waals surface area contributed by atoms with Crippen LogP contribution in [0.15, 0.2) is 77.2 Å². The molecule has 0 aliphatic carbocycles. The Balaban J connectivity index is 1.28. The van der Waals surface area contributed by atoms with Crippen LogP contribution in [0, 0.1) is 0 Å². The molecule has 202 valence electrons. The second kappa shape index (κ2) is 12.6. The molecule has 39 heavy (non-hydrogen) atoms. The molecule has 0 unspecified atom stereocenters. The lowest BCUT2D eigenvalue weighted by atomic mass is 10.0. The van der Waals surface area contributed by atoms with Crippen LogP contribution in [-0.2, 0) is 20.9 Å². The minimum atomic E-state index is -0.254. The van der Waals surface area contributed by atoms with Crippen LogP contribution in [0.4, 0.5) is 5.69 Å². The van der Waals surface area contributed by atoms with Gasteiger partial charge in [-0.2, -0.15) is 0 Å². The number of carbonyl (C=O) groups is 2. The maximum absolute atomic E-state index is 13.2. The summed E-state index contributed by atoms with van der Waals surface area (Å²) in [5, 5.41) is 2.94. The number of rotatable bonds is 8. The van der Waals surface area contributed by atoms with Crippen molar-refractivity contribution < 1.29 is 19.1 Å². The largest absolute Gasteiger partial charge is 0.494 e. The Morgan fingerprint density at radius 1 is 1.03 bits per heavy atom. The summed E-state index contributed by atoms with van der Waals surface area (Å²) < 4.78 is 11.0. The van der Waals surface area contributed by atoms with E-state index in [4.69, 9.17) is 9.47 Å². The Bertz CT molecular complexity index is 1350. The summed E-state index contributed by atoms with van der Waals surface area (Å²) in [6.45, 7) is 5.08. The van der Waals surface area contributed by atoms with Gasteiger partial charge in [0.2, 0.25) is 0 Å². The fraction of sp³-hybridized carbons (Fsp3) is 0.312. The third-order valence-electron chi connectivity index (χ3n) is 7.15. The van der Waals surface area contributed by atoms with Gasteiger partial charge in [-0.05, 0) is 91.5 Å². The van der Waals surface area contributed by atoms with Gasteiger partial charge in [0.05, 0.1) is 6.61 Å². The van der Waals surface area contributed by atoms with E-state index in [-0.39, 0.29) is 17.4 Å². The fourth-order valence-corrected chi connectivity index (χ4v) is 5.84. The number of fused-ring (bicyclic) bond motifs is 1. The molecule has 1 fully saturated rings. The summed E-state index contributed by atoms with van der Waals surface area (Å²) in [6, 6.07) is 22.4. The van der Waals surface area contributed by atoms with Crippen LogP contribution < -0.4 is 10.1 Å². The van der Waals surface area contributed by atoms with Gasteiger partial charge < -0.3 is 14.8 Å². The van der Waals surface area contributed by atoms with Crippen molar-refractivity contribution in [2.75, 3.05) is 32.2 Å². The smallest absolute Gasteiger partial charge is 0.252 e. The number of ether oxygens (including phenoxy) is 2. The summed E-state index contributed by atoms with van der Waals surface area (Å²) in [4.78, 5) is 29.1. The van der Waals surface area contributed by atoms with Gasteiger partial charge in [0, 0.05) is 48.4 Å². The summed E-state index contributed by atoms with van der Waals surface area (Å²) in [6.07, 6.45) is 4.04. The lowest BCUT2D eigenvalue weighted by Gasteiger charge is -2.31. The minimum Gasteiger partial charge on any atom is -0.494 e. The van der Waals surface area contributed by atoms with Gasteiger partial charge in [0.1, 0.15) is 5.75 Å². The molecule has 3 aromatic carbocycles. The SMILES string of the molecule is CCOc1ccc(-c2ccc3c(c2)C=C(C(=O)Nc2ccc(CN(C)C4CCOCC4)cc2)CC(=O)S3)cc1. The number of hydrogen-bond acceptors (Lipinski definition) is 6. The summed E-state index contributed by atoms with van der Waals surface area (Å²) in [5.41, 5.74) is 5.30. The summed E-state index contributed by atoms with van der Waals surface area (Å²) in [7, 11) is 2.15. The number of amides is 1. The molecule has 1 saturated heterocycles. The number of nitrogens with zero attached hydrogens (tertiary/aromatic N) is 1. The van der Waals surface area contributed by atoms with E-state index in [9.17, 15) is 9.59 Å². The Kier molecular flexibility index (Phi) is 8.81.